The molecule has 0 saturated carbocycles. The summed E-state index contributed by atoms with van der Waals surface area (Å²) in [7, 11) is 0. The summed E-state index contributed by atoms with van der Waals surface area (Å²) in [5.41, 5.74) is 8.61. The molecule has 116 valence electrons. The molecule has 0 unspecified atom stereocenters. The van der Waals surface area contributed by atoms with Crippen LogP contribution in [-0.2, 0) is 6.54 Å². The van der Waals surface area contributed by atoms with Crippen molar-refractivity contribution in [1.29, 1.82) is 0 Å². The Morgan fingerprint density at radius 3 is 2.65 bits per heavy atom. The van der Waals surface area contributed by atoms with Crippen LogP contribution in [0.2, 0.25) is 5.02 Å². The molecule has 3 rings (SSSR count). The Morgan fingerprint density at radius 1 is 1.22 bits per heavy atom. The zero-order valence-electron chi connectivity index (χ0n) is 12.1. The van der Waals surface area contributed by atoms with Crippen molar-refractivity contribution in [3.05, 3.63) is 64.8 Å². The molecule has 0 spiro atoms. The third kappa shape index (κ3) is 3.05. The molecular formula is C17H14ClN3O2. The number of hydrogen-bond donors (Lipinski definition) is 3. The predicted octanol–water partition coefficient (Wildman–Crippen LogP) is 3.78. The van der Waals surface area contributed by atoms with Crippen molar-refractivity contribution in [2.24, 2.45) is 0 Å². The highest BCUT2D eigenvalue weighted by molar-refractivity contribution is 6.30. The maximum Gasteiger partial charge on any atom is 0.339 e. The second-order valence-corrected chi connectivity index (χ2v) is 5.51. The lowest BCUT2D eigenvalue weighted by Gasteiger charge is -2.13. The quantitative estimate of drug-likeness (QED) is 0.635. The molecule has 6 heteroatoms. The molecule has 5 nitrogen and oxygen atoms in total. The molecule has 0 saturated heterocycles. The SMILES string of the molecule is Nc1cccc2c(NCc3ccc(Cl)cc3)c(C(=O)O)cnc12. The number of nitrogens with two attached hydrogens (primary N) is 1. The molecule has 0 amide bonds. The van der Waals surface area contributed by atoms with Crippen molar-refractivity contribution in [3.8, 4) is 0 Å². The topological polar surface area (TPSA) is 88.2 Å². The Kier molecular flexibility index (Phi) is 4.04. The average molecular weight is 328 g/mol. The van der Waals surface area contributed by atoms with Crippen LogP contribution in [0.1, 0.15) is 15.9 Å². The summed E-state index contributed by atoms with van der Waals surface area (Å²) in [5.74, 6) is -1.04. The van der Waals surface area contributed by atoms with E-state index in [0.29, 0.717) is 33.8 Å². The first-order valence-corrected chi connectivity index (χ1v) is 7.33. The van der Waals surface area contributed by atoms with Crippen molar-refractivity contribution in [3.63, 3.8) is 0 Å². The Bertz CT molecular complexity index is 879. The second-order valence-electron chi connectivity index (χ2n) is 5.08. The number of fused-ring (bicyclic) bond motifs is 1. The van der Waals surface area contributed by atoms with Gasteiger partial charge in [-0.2, -0.15) is 0 Å². The number of nitrogens with one attached hydrogen (secondary N) is 1. The van der Waals surface area contributed by atoms with E-state index >= 15 is 0 Å². The van der Waals surface area contributed by atoms with Gasteiger partial charge in [-0.15, -0.1) is 0 Å². The van der Waals surface area contributed by atoms with Crippen LogP contribution >= 0.6 is 11.6 Å². The van der Waals surface area contributed by atoms with Crippen molar-refractivity contribution < 1.29 is 9.90 Å². The fourth-order valence-electron chi connectivity index (χ4n) is 2.39. The van der Waals surface area contributed by atoms with Gasteiger partial charge in [-0.05, 0) is 23.8 Å². The van der Waals surface area contributed by atoms with Gasteiger partial charge < -0.3 is 16.2 Å². The molecule has 4 N–H and O–H groups in total. The van der Waals surface area contributed by atoms with Crippen LogP contribution in [0.5, 0.6) is 0 Å². The number of aromatic carboxylic acids is 1. The predicted molar refractivity (Wildman–Crippen MR) is 91.9 cm³/mol. The molecule has 0 fully saturated rings. The molecule has 0 atom stereocenters. The smallest absolute Gasteiger partial charge is 0.339 e. The largest absolute Gasteiger partial charge is 0.478 e. The van der Waals surface area contributed by atoms with E-state index in [1.54, 1.807) is 30.3 Å². The minimum absolute atomic E-state index is 0.108. The minimum Gasteiger partial charge on any atom is -0.478 e. The lowest BCUT2D eigenvalue weighted by atomic mass is 10.1. The summed E-state index contributed by atoms with van der Waals surface area (Å²) in [6, 6.07) is 12.7. The van der Waals surface area contributed by atoms with Crippen molar-refractivity contribution >= 4 is 39.8 Å². The highest BCUT2D eigenvalue weighted by Gasteiger charge is 2.15. The molecule has 0 aliphatic rings. The van der Waals surface area contributed by atoms with Gasteiger partial charge in [0.05, 0.1) is 16.9 Å². The summed E-state index contributed by atoms with van der Waals surface area (Å²) in [4.78, 5) is 15.6. The lowest BCUT2D eigenvalue weighted by molar-refractivity contribution is 0.0697. The Balaban J connectivity index is 2.03. The summed E-state index contributed by atoms with van der Waals surface area (Å²) < 4.78 is 0. The monoisotopic (exact) mass is 327 g/mol. The molecule has 0 aliphatic carbocycles. The van der Waals surface area contributed by atoms with E-state index in [2.05, 4.69) is 10.3 Å². The molecule has 23 heavy (non-hydrogen) atoms. The number of carbonyl (C=O) groups is 1. The first-order chi connectivity index (χ1) is 11.1. The fourth-order valence-corrected chi connectivity index (χ4v) is 2.52. The number of para-hydroxylation sites is 1. The standard InChI is InChI=1S/C17H14ClN3O2/c18-11-6-4-10(5-7-11)8-20-15-12-2-1-3-14(19)16(12)21-9-13(15)17(22)23/h1-7,9H,8,19H2,(H,20,21)(H,22,23). The lowest BCUT2D eigenvalue weighted by Crippen LogP contribution is -2.08. The summed E-state index contributed by atoms with van der Waals surface area (Å²) >= 11 is 5.87. The number of carboxylic acid groups (broad SMARTS) is 1. The van der Waals surface area contributed by atoms with Crippen LogP contribution in [0.15, 0.2) is 48.7 Å². The van der Waals surface area contributed by atoms with Gasteiger partial charge in [-0.3, -0.25) is 4.98 Å². The Labute approximate surface area is 137 Å². The van der Waals surface area contributed by atoms with Crippen molar-refractivity contribution in [1.82, 2.24) is 4.98 Å². The van der Waals surface area contributed by atoms with Crippen LogP contribution in [0, 0.1) is 0 Å². The van der Waals surface area contributed by atoms with Crippen LogP contribution in [-0.4, -0.2) is 16.1 Å². The number of aromatic nitrogens is 1. The number of halogens is 1. The molecule has 3 aromatic rings. The van der Waals surface area contributed by atoms with E-state index in [1.807, 2.05) is 12.1 Å². The number of nitrogens with zero attached hydrogens (tertiary/aromatic N) is 1. The van der Waals surface area contributed by atoms with Gasteiger partial charge in [-0.25, -0.2) is 4.79 Å². The number of anilines is 2. The first kappa shape index (κ1) is 15.1. The number of pyridine rings is 1. The third-order valence-electron chi connectivity index (χ3n) is 3.54. The molecular weight excluding hydrogens is 314 g/mol. The van der Waals surface area contributed by atoms with Gasteiger partial charge in [0.15, 0.2) is 0 Å². The number of nitrogen functional groups attached to an aromatic ring is 1. The van der Waals surface area contributed by atoms with Crippen LogP contribution in [0.4, 0.5) is 11.4 Å². The number of benzene rings is 2. The average Bonchev–Trinajstić information content (AvgIpc) is 2.54. The fraction of sp³-hybridized carbons (Fsp3) is 0.0588. The first-order valence-electron chi connectivity index (χ1n) is 6.95. The Hall–Kier alpha value is -2.79. The zero-order chi connectivity index (χ0) is 16.4. The van der Waals surface area contributed by atoms with Gasteiger partial charge in [0.1, 0.15) is 5.56 Å². The van der Waals surface area contributed by atoms with E-state index in [0.717, 1.165) is 5.56 Å². The normalized spacial score (nSPS) is 10.7. The molecule has 1 heterocycles. The molecule has 2 aromatic carbocycles. The molecule has 0 bridgehead atoms. The van der Waals surface area contributed by atoms with E-state index in [1.165, 1.54) is 6.20 Å². The molecule has 0 aliphatic heterocycles. The van der Waals surface area contributed by atoms with Crippen molar-refractivity contribution in [2.75, 3.05) is 11.1 Å². The molecule has 1 aromatic heterocycles. The zero-order valence-corrected chi connectivity index (χ0v) is 12.8. The second kappa shape index (κ2) is 6.14. The highest BCUT2D eigenvalue weighted by Crippen LogP contribution is 2.29. The van der Waals surface area contributed by atoms with Gasteiger partial charge in [-0.1, -0.05) is 35.9 Å². The maximum absolute atomic E-state index is 11.5. The minimum atomic E-state index is -1.04. The number of hydrogen-bond acceptors (Lipinski definition) is 4. The summed E-state index contributed by atoms with van der Waals surface area (Å²) in [6.07, 6.45) is 1.32. The van der Waals surface area contributed by atoms with Gasteiger partial charge in [0, 0.05) is 23.2 Å². The van der Waals surface area contributed by atoms with Crippen LogP contribution < -0.4 is 11.1 Å². The van der Waals surface area contributed by atoms with Gasteiger partial charge in [0.2, 0.25) is 0 Å². The van der Waals surface area contributed by atoms with E-state index < -0.39 is 5.97 Å². The van der Waals surface area contributed by atoms with Crippen LogP contribution in [0.25, 0.3) is 10.9 Å². The van der Waals surface area contributed by atoms with Gasteiger partial charge in [0.25, 0.3) is 0 Å². The molecule has 0 radical (unpaired) electrons. The third-order valence-corrected chi connectivity index (χ3v) is 3.79. The van der Waals surface area contributed by atoms with Gasteiger partial charge >= 0.3 is 5.97 Å². The summed E-state index contributed by atoms with van der Waals surface area (Å²) in [6.45, 7) is 0.464. The maximum atomic E-state index is 11.5. The van der Waals surface area contributed by atoms with Crippen molar-refractivity contribution in [2.45, 2.75) is 6.54 Å². The summed E-state index contributed by atoms with van der Waals surface area (Å²) in [5, 5.41) is 13.9. The van der Waals surface area contributed by atoms with E-state index in [-0.39, 0.29) is 5.56 Å². The number of carboxylic acids is 1. The van der Waals surface area contributed by atoms with Crippen LogP contribution in [0.3, 0.4) is 0 Å². The highest BCUT2D eigenvalue weighted by atomic mass is 35.5. The van der Waals surface area contributed by atoms with E-state index in [9.17, 15) is 9.90 Å². The Morgan fingerprint density at radius 2 is 1.96 bits per heavy atom. The van der Waals surface area contributed by atoms with E-state index in [4.69, 9.17) is 17.3 Å². The number of rotatable bonds is 4.